The summed E-state index contributed by atoms with van der Waals surface area (Å²) in [6.45, 7) is 0. The summed E-state index contributed by atoms with van der Waals surface area (Å²) in [6.07, 6.45) is 1.73. The van der Waals surface area contributed by atoms with Gasteiger partial charge >= 0.3 is 0 Å². The fourth-order valence-corrected chi connectivity index (χ4v) is 4.52. The maximum atomic E-state index is 12.8. The number of fused-ring (bicyclic) bond motifs is 1. The highest BCUT2D eigenvalue weighted by Gasteiger charge is 2.12. The Kier molecular flexibility index (Phi) is 4.91. The molecule has 0 aliphatic heterocycles. The lowest BCUT2D eigenvalue weighted by Gasteiger charge is -2.12. The zero-order valence-electron chi connectivity index (χ0n) is 13.8. The average molecular weight is 423 g/mol. The fourth-order valence-electron chi connectivity index (χ4n) is 2.84. The minimum Gasteiger partial charge on any atom is -0.269 e. The maximum Gasteiger partial charge on any atom is 0.257 e. The number of benzene rings is 2. The van der Waals surface area contributed by atoms with E-state index >= 15 is 0 Å². The van der Waals surface area contributed by atoms with Crippen LogP contribution in [0.3, 0.4) is 0 Å². The van der Waals surface area contributed by atoms with Gasteiger partial charge in [-0.1, -0.05) is 52.3 Å². The lowest BCUT2D eigenvalue weighted by molar-refractivity contribution is 1.00. The number of thioether (sulfide) groups is 1. The van der Waals surface area contributed by atoms with Gasteiger partial charge in [-0.3, -0.25) is 9.36 Å². The number of pyridine rings is 2. The molecule has 0 saturated carbocycles. The average Bonchev–Trinajstić information content (AvgIpc) is 2.68. The summed E-state index contributed by atoms with van der Waals surface area (Å²) >= 11 is 5.24. The van der Waals surface area contributed by atoms with Crippen LogP contribution in [-0.2, 0) is 5.75 Å². The van der Waals surface area contributed by atoms with E-state index in [0.29, 0.717) is 5.65 Å². The number of halogens is 1. The Hall–Kier alpha value is -2.37. The van der Waals surface area contributed by atoms with Crippen molar-refractivity contribution in [3.05, 3.63) is 99.4 Å². The van der Waals surface area contributed by atoms with Crippen LogP contribution in [0.2, 0.25) is 0 Å². The number of nitrogens with zero attached hydrogens (tertiary/aromatic N) is 2. The SMILES string of the molecule is O=c1cc(SCc2ccccc2Br)c2cccnc2n1-c1ccccc1. The third-order valence-electron chi connectivity index (χ3n) is 4.09. The molecule has 2 aromatic heterocycles. The lowest BCUT2D eigenvalue weighted by atomic mass is 10.2. The number of rotatable bonds is 4. The molecule has 2 aromatic carbocycles. The van der Waals surface area contributed by atoms with Gasteiger partial charge in [0.05, 0.1) is 5.69 Å². The van der Waals surface area contributed by atoms with E-state index in [0.717, 1.165) is 26.2 Å². The van der Waals surface area contributed by atoms with Gasteiger partial charge < -0.3 is 0 Å². The van der Waals surface area contributed by atoms with Crippen molar-refractivity contribution in [2.24, 2.45) is 0 Å². The molecule has 2 heterocycles. The highest BCUT2D eigenvalue weighted by Crippen LogP contribution is 2.31. The second-order valence-electron chi connectivity index (χ2n) is 5.77. The first-order valence-electron chi connectivity index (χ1n) is 8.16. The largest absolute Gasteiger partial charge is 0.269 e. The molecule has 4 aromatic rings. The lowest BCUT2D eigenvalue weighted by Crippen LogP contribution is -2.19. The maximum absolute atomic E-state index is 12.8. The Morgan fingerprint density at radius 3 is 2.54 bits per heavy atom. The molecular weight excluding hydrogens is 408 g/mol. The minimum atomic E-state index is -0.0722. The highest BCUT2D eigenvalue weighted by atomic mass is 79.9. The number of hydrogen-bond donors (Lipinski definition) is 0. The molecule has 3 nitrogen and oxygen atoms in total. The summed E-state index contributed by atoms with van der Waals surface area (Å²) in [4.78, 5) is 18.3. The highest BCUT2D eigenvalue weighted by molar-refractivity contribution is 9.10. The summed E-state index contributed by atoms with van der Waals surface area (Å²) < 4.78 is 2.74. The molecule has 0 aliphatic carbocycles. The van der Waals surface area contributed by atoms with E-state index in [-0.39, 0.29) is 5.56 Å². The van der Waals surface area contributed by atoms with E-state index in [1.54, 1.807) is 28.6 Å². The molecule has 0 amide bonds. The summed E-state index contributed by atoms with van der Waals surface area (Å²) in [5.41, 5.74) is 2.63. The summed E-state index contributed by atoms with van der Waals surface area (Å²) in [6, 6.07) is 23.4. The van der Waals surface area contributed by atoms with E-state index in [1.165, 1.54) is 5.56 Å². The Bertz CT molecular complexity index is 1130. The third-order valence-corrected chi connectivity index (χ3v) is 5.97. The molecule has 26 heavy (non-hydrogen) atoms. The molecular formula is C21H15BrN2OS. The van der Waals surface area contributed by atoms with Crippen LogP contribution in [0.4, 0.5) is 0 Å². The Morgan fingerprint density at radius 2 is 1.73 bits per heavy atom. The molecule has 0 spiro atoms. The van der Waals surface area contributed by atoms with E-state index in [2.05, 4.69) is 27.0 Å². The molecule has 4 rings (SSSR count). The fraction of sp³-hybridized carbons (Fsp3) is 0.0476. The smallest absolute Gasteiger partial charge is 0.257 e. The van der Waals surface area contributed by atoms with Crippen LogP contribution < -0.4 is 5.56 Å². The topological polar surface area (TPSA) is 34.9 Å². The predicted molar refractivity (Wildman–Crippen MR) is 111 cm³/mol. The Morgan fingerprint density at radius 1 is 0.962 bits per heavy atom. The number of para-hydroxylation sites is 1. The van der Waals surface area contributed by atoms with Gasteiger partial charge in [0.2, 0.25) is 0 Å². The van der Waals surface area contributed by atoms with Gasteiger partial charge in [-0.15, -0.1) is 11.8 Å². The van der Waals surface area contributed by atoms with Crippen LogP contribution in [0, 0.1) is 0 Å². The van der Waals surface area contributed by atoms with Gasteiger partial charge in [0.15, 0.2) is 0 Å². The molecule has 0 saturated heterocycles. The van der Waals surface area contributed by atoms with Crippen molar-refractivity contribution in [3.8, 4) is 5.69 Å². The van der Waals surface area contributed by atoms with Gasteiger partial charge in [-0.05, 0) is 35.9 Å². The van der Waals surface area contributed by atoms with Gasteiger partial charge in [0, 0.05) is 32.8 Å². The van der Waals surface area contributed by atoms with Crippen LogP contribution in [0.1, 0.15) is 5.56 Å². The first-order chi connectivity index (χ1) is 12.7. The minimum absolute atomic E-state index is 0.0722. The van der Waals surface area contributed by atoms with E-state index in [4.69, 9.17) is 0 Å². The van der Waals surface area contributed by atoms with Crippen LogP contribution in [0.5, 0.6) is 0 Å². The predicted octanol–water partition coefficient (Wildman–Crippen LogP) is 5.44. The van der Waals surface area contributed by atoms with Crippen LogP contribution >= 0.6 is 27.7 Å². The van der Waals surface area contributed by atoms with Gasteiger partial charge in [0.1, 0.15) is 5.65 Å². The van der Waals surface area contributed by atoms with Crippen molar-refractivity contribution >= 4 is 38.7 Å². The normalized spacial score (nSPS) is 11.0. The number of aromatic nitrogens is 2. The van der Waals surface area contributed by atoms with Gasteiger partial charge in [-0.25, -0.2) is 4.98 Å². The van der Waals surface area contributed by atoms with Crippen molar-refractivity contribution in [2.45, 2.75) is 10.6 Å². The van der Waals surface area contributed by atoms with Crippen molar-refractivity contribution in [1.29, 1.82) is 0 Å². The Balaban J connectivity index is 1.80. The standard InChI is InChI=1S/C21H15BrN2OS/c22-18-11-5-4-7-15(18)14-26-19-13-20(25)24(16-8-2-1-3-9-16)21-17(19)10-6-12-23-21/h1-13H,14H2. The van der Waals surface area contributed by atoms with E-state index in [1.807, 2.05) is 60.7 Å². The van der Waals surface area contributed by atoms with Crippen molar-refractivity contribution < 1.29 is 0 Å². The molecule has 0 N–H and O–H groups in total. The summed E-state index contributed by atoms with van der Waals surface area (Å²) in [7, 11) is 0. The van der Waals surface area contributed by atoms with Crippen LogP contribution in [0.25, 0.3) is 16.7 Å². The Labute approximate surface area is 163 Å². The molecule has 5 heteroatoms. The van der Waals surface area contributed by atoms with Gasteiger partial charge in [0.25, 0.3) is 5.56 Å². The zero-order valence-corrected chi connectivity index (χ0v) is 16.2. The molecule has 0 bridgehead atoms. The van der Waals surface area contributed by atoms with Crippen LogP contribution in [-0.4, -0.2) is 9.55 Å². The third kappa shape index (κ3) is 3.32. The second kappa shape index (κ2) is 7.48. The zero-order chi connectivity index (χ0) is 17.9. The van der Waals surface area contributed by atoms with Crippen LogP contribution in [0.15, 0.2) is 93.2 Å². The molecule has 0 atom stereocenters. The molecule has 128 valence electrons. The van der Waals surface area contributed by atoms with Crippen molar-refractivity contribution in [1.82, 2.24) is 9.55 Å². The monoisotopic (exact) mass is 422 g/mol. The van der Waals surface area contributed by atoms with E-state index in [9.17, 15) is 4.79 Å². The summed E-state index contributed by atoms with van der Waals surface area (Å²) in [5.74, 6) is 0.778. The van der Waals surface area contributed by atoms with Crippen molar-refractivity contribution in [2.75, 3.05) is 0 Å². The first-order valence-corrected chi connectivity index (χ1v) is 9.94. The first kappa shape index (κ1) is 17.1. The number of hydrogen-bond acceptors (Lipinski definition) is 3. The molecule has 0 fully saturated rings. The van der Waals surface area contributed by atoms with Gasteiger partial charge in [-0.2, -0.15) is 0 Å². The quantitative estimate of drug-likeness (QED) is 0.410. The van der Waals surface area contributed by atoms with Crippen molar-refractivity contribution in [3.63, 3.8) is 0 Å². The van der Waals surface area contributed by atoms with E-state index < -0.39 is 0 Å². The molecule has 0 aliphatic rings. The molecule has 0 radical (unpaired) electrons. The molecule has 0 unspecified atom stereocenters. The summed E-state index contributed by atoms with van der Waals surface area (Å²) in [5, 5.41) is 0.980. The second-order valence-corrected chi connectivity index (χ2v) is 7.64.